The molecule has 2 aromatic heterocycles. The third-order valence-electron chi connectivity index (χ3n) is 3.03. The lowest BCUT2D eigenvalue weighted by atomic mass is 10.2. The zero-order valence-electron chi connectivity index (χ0n) is 12.2. The molecule has 0 fully saturated rings. The summed E-state index contributed by atoms with van der Waals surface area (Å²) in [5.41, 5.74) is 1.49. The highest BCUT2D eigenvalue weighted by molar-refractivity contribution is 7.14. The minimum atomic E-state index is -0.296. The van der Waals surface area contributed by atoms with Gasteiger partial charge in [0.15, 0.2) is 5.13 Å². The molecule has 1 aromatic carbocycles. The summed E-state index contributed by atoms with van der Waals surface area (Å²) in [6.07, 6.45) is 2.98. The van der Waals surface area contributed by atoms with Gasteiger partial charge in [0, 0.05) is 17.0 Å². The Balaban J connectivity index is 1.65. The molecule has 0 unspecified atom stereocenters. The average Bonchev–Trinajstić information content (AvgIpc) is 3.15. The van der Waals surface area contributed by atoms with Gasteiger partial charge in [0.2, 0.25) is 5.91 Å². The van der Waals surface area contributed by atoms with Crippen molar-refractivity contribution in [2.75, 3.05) is 5.32 Å². The van der Waals surface area contributed by atoms with Crippen molar-refractivity contribution in [1.82, 2.24) is 4.98 Å². The molecule has 0 saturated carbocycles. The van der Waals surface area contributed by atoms with E-state index in [2.05, 4.69) is 10.3 Å². The fourth-order valence-electron chi connectivity index (χ4n) is 1.93. The number of hydrogen-bond acceptors (Lipinski definition) is 4. The van der Waals surface area contributed by atoms with Crippen molar-refractivity contribution >= 4 is 28.5 Å². The number of furan rings is 1. The first kappa shape index (κ1) is 15.2. The van der Waals surface area contributed by atoms with Crippen LogP contribution in [0.5, 0.6) is 0 Å². The molecule has 0 bridgehead atoms. The number of nitrogens with one attached hydrogen (secondary N) is 1. The van der Waals surface area contributed by atoms with Crippen molar-refractivity contribution in [2.45, 2.75) is 6.92 Å². The summed E-state index contributed by atoms with van der Waals surface area (Å²) >= 11 is 1.31. The minimum Gasteiger partial charge on any atom is -0.462 e. The molecule has 1 amide bonds. The molecule has 0 radical (unpaired) electrons. The normalized spacial score (nSPS) is 11.0. The van der Waals surface area contributed by atoms with Crippen molar-refractivity contribution in [2.24, 2.45) is 0 Å². The van der Waals surface area contributed by atoms with E-state index in [1.165, 1.54) is 29.5 Å². The molecule has 0 saturated heterocycles. The van der Waals surface area contributed by atoms with Crippen molar-refractivity contribution < 1.29 is 13.6 Å². The lowest BCUT2D eigenvalue weighted by Crippen LogP contribution is -2.07. The van der Waals surface area contributed by atoms with E-state index in [0.29, 0.717) is 16.6 Å². The molecule has 1 N–H and O–H groups in total. The molecule has 2 heterocycles. The maximum Gasteiger partial charge on any atom is 0.250 e. The molecular weight excluding hydrogens is 315 g/mol. The number of anilines is 1. The highest BCUT2D eigenvalue weighted by Crippen LogP contribution is 2.25. The van der Waals surface area contributed by atoms with Gasteiger partial charge in [-0.1, -0.05) is 0 Å². The van der Waals surface area contributed by atoms with Gasteiger partial charge in [-0.05, 0) is 49.4 Å². The Bertz CT molecular complexity index is 850. The Morgan fingerprint density at radius 1 is 1.26 bits per heavy atom. The van der Waals surface area contributed by atoms with Crippen molar-refractivity contribution in [3.63, 3.8) is 0 Å². The second-order valence-corrected chi connectivity index (χ2v) is 5.67. The van der Waals surface area contributed by atoms with Crippen LogP contribution in [-0.2, 0) is 4.79 Å². The van der Waals surface area contributed by atoms with E-state index >= 15 is 0 Å². The van der Waals surface area contributed by atoms with E-state index in [0.717, 1.165) is 11.3 Å². The number of halogens is 1. The molecule has 4 nitrogen and oxygen atoms in total. The largest absolute Gasteiger partial charge is 0.462 e. The number of nitrogens with zero attached hydrogens (tertiary/aromatic N) is 1. The van der Waals surface area contributed by atoms with Crippen LogP contribution in [0.3, 0.4) is 0 Å². The first-order valence-corrected chi connectivity index (χ1v) is 7.75. The number of hydrogen-bond donors (Lipinski definition) is 1. The van der Waals surface area contributed by atoms with E-state index < -0.39 is 0 Å². The molecule has 0 spiro atoms. The first-order chi connectivity index (χ1) is 11.1. The van der Waals surface area contributed by atoms with E-state index in [9.17, 15) is 9.18 Å². The van der Waals surface area contributed by atoms with Crippen LogP contribution in [0.1, 0.15) is 11.5 Å². The summed E-state index contributed by atoms with van der Waals surface area (Å²) in [6.45, 7) is 1.84. The van der Waals surface area contributed by atoms with Gasteiger partial charge in [-0.2, -0.15) is 0 Å². The van der Waals surface area contributed by atoms with Crippen LogP contribution in [0.15, 0.2) is 52.3 Å². The SMILES string of the molecule is Cc1ccc(C=CC(=O)Nc2nc(-c3ccc(F)cc3)cs2)o1. The number of thiazole rings is 1. The molecule has 116 valence electrons. The lowest BCUT2D eigenvalue weighted by Gasteiger charge is -1.97. The van der Waals surface area contributed by atoms with Crippen LogP contribution in [0.4, 0.5) is 9.52 Å². The predicted molar refractivity (Wildman–Crippen MR) is 88.6 cm³/mol. The number of carbonyl (C=O) groups excluding carboxylic acids is 1. The molecule has 3 rings (SSSR count). The number of amides is 1. The van der Waals surface area contributed by atoms with Crippen molar-refractivity contribution in [3.8, 4) is 11.3 Å². The van der Waals surface area contributed by atoms with E-state index in [4.69, 9.17) is 4.42 Å². The fourth-order valence-corrected chi connectivity index (χ4v) is 2.65. The summed E-state index contributed by atoms with van der Waals surface area (Å²) in [5.74, 6) is 0.813. The molecule has 0 aliphatic heterocycles. The maximum atomic E-state index is 12.9. The van der Waals surface area contributed by atoms with E-state index in [-0.39, 0.29) is 11.7 Å². The zero-order valence-corrected chi connectivity index (χ0v) is 13.1. The lowest BCUT2D eigenvalue weighted by molar-refractivity contribution is -0.111. The van der Waals surface area contributed by atoms with Crippen LogP contribution < -0.4 is 5.32 Å². The molecule has 23 heavy (non-hydrogen) atoms. The van der Waals surface area contributed by atoms with E-state index in [1.54, 1.807) is 24.3 Å². The van der Waals surface area contributed by atoms with Crippen LogP contribution in [-0.4, -0.2) is 10.9 Å². The number of benzene rings is 1. The molecule has 6 heteroatoms. The van der Waals surface area contributed by atoms with Gasteiger partial charge in [-0.25, -0.2) is 9.37 Å². The number of aryl methyl sites for hydroxylation is 1. The summed E-state index contributed by atoms with van der Waals surface area (Å²) in [4.78, 5) is 16.2. The Hall–Kier alpha value is -2.73. The van der Waals surface area contributed by atoms with Crippen LogP contribution in [0, 0.1) is 12.7 Å². The zero-order chi connectivity index (χ0) is 16.2. The molecule has 3 aromatic rings. The first-order valence-electron chi connectivity index (χ1n) is 6.87. The molecular formula is C17H13FN2O2S. The average molecular weight is 328 g/mol. The molecule has 0 aliphatic rings. The molecule has 0 atom stereocenters. The smallest absolute Gasteiger partial charge is 0.250 e. The van der Waals surface area contributed by atoms with Crippen molar-refractivity contribution in [1.29, 1.82) is 0 Å². The number of rotatable bonds is 4. The van der Waals surface area contributed by atoms with Gasteiger partial charge >= 0.3 is 0 Å². The number of carbonyl (C=O) groups is 1. The topological polar surface area (TPSA) is 55.1 Å². The quantitative estimate of drug-likeness (QED) is 0.717. The third kappa shape index (κ3) is 3.92. The van der Waals surface area contributed by atoms with Gasteiger partial charge < -0.3 is 4.42 Å². The van der Waals surface area contributed by atoms with Gasteiger partial charge in [0.05, 0.1) is 5.69 Å². The van der Waals surface area contributed by atoms with Gasteiger partial charge in [-0.3, -0.25) is 10.1 Å². The monoisotopic (exact) mass is 328 g/mol. The number of aromatic nitrogens is 1. The maximum absolute atomic E-state index is 12.9. The Morgan fingerprint density at radius 3 is 2.74 bits per heavy atom. The second-order valence-electron chi connectivity index (χ2n) is 4.82. The van der Waals surface area contributed by atoms with Crippen LogP contribution in [0.2, 0.25) is 0 Å². The van der Waals surface area contributed by atoms with Crippen LogP contribution in [0.25, 0.3) is 17.3 Å². The van der Waals surface area contributed by atoms with Gasteiger partial charge in [-0.15, -0.1) is 11.3 Å². The molecule has 0 aliphatic carbocycles. The van der Waals surface area contributed by atoms with Gasteiger partial charge in [0.25, 0.3) is 0 Å². The highest BCUT2D eigenvalue weighted by Gasteiger charge is 2.06. The Morgan fingerprint density at radius 2 is 2.04 bits per heavy atom. The van der Waals surface area contributed by atoms with Gasteiger partial charge in [0.1, 0.15) is 17.3 Å². The van der Waals surface area contributed by atoms with E-state index in [1.807, 2.05) is 18.4 Å². The summed E-state index contributed by atoms with van der Waals surface area (Å²) < 4.78 is 18.3. The second kappa shape index (κ2) is 6.58. The minimum absolute atomic E-state index is 0.293. The summed E-state index contributed by atoms with van der Waals surface area (Å²) in [5, 5.41) is 4.98. The van der Waals surface area contributed by atoms with Crippen LogP contribution >= 0.6 is 11.3 Å². The Labute approximate surface area is 136 Å². The highest BCUT2D eigenvalue weighted by atomic mass is 32.1. The standard InChI is InChI=1S/C17H13FN2O2S/c1-11-2-7-14(22-11)8-9-16(21)20-17-19-15(10-23-17)12-3-5-13(18)6-4-12/h2-10H,1H3,(H,19,20,21). The fraction of sp³-hybridized carbons (Fsp3) is 0.0588. The summed E-state index contributed by atoms with van der Waals surface area (Å²) in [6, 6.07) is 9.66. The Kier molecular flexibility index (Phi) is 4.34. The third-order valence-corrected chi connectivity index (χ3v) is 3.79. The predicted octanol–water partition coefficient (Wildman–Crippen LogP) is 4.50. The van der Waals surface area contributed by atoms with Crippen molar-refractivity contribution in [3.05, 3.63) is 65.2 Å². The summed E-state index contributed by atoms with van der Waals surface area (Å²) in [7, 11) is 0.